The lowest BCUT2D eigenvalue weighted by Crippen LogP contribution is -2.43. The van der Waals surface area contributed by atoms with Gasteiger partial charge in [-0.05, 0) is 68.3 Å². The summed E-state index contributed by atoms with van der Waals surface area (Å²) in [5.41, 5.74) is 1.83. The van der Waals surface area contributed by atoms with Crippen LogP contribution >= 0.6 is 0 Å². The summed E-state index contributed by atoms with van der Waals surface area (Å²) in [5.74, 6) is 1.70. The lowest BCUT2D eigenvalue weighted by Gasteiger charge is -2.25. The first-order valence-corrected chi connectivity index (χ1v) is 12.4. The zero-order chi connectivity index (χ0) is 23.5. The molecule has 4 heterocycles. The molecule has 4 bridgehead atoms. The van der Waals surface area contributed by atoms with Crippen molar-refractivity contribution in [2.45, 2.75) is 44.2 Å². The minimum atomic E-state index is -0.129. The standard InChI is InChI=1S/C26H34N4O4/c1-33-23-7-6-18-14-24(23)34-12-3-2-10-29(26(32)19-8-9-27-15-19)17-25(31)28-16-20-13-22(18)30-11-4-5-21(20)30/h6-9,14-15,20-22,27H,2-5,10-13,16-17H2,1H3,(H,28,31)/t20-,21+,22-/m1/s1. The van der Waals surface area contributed by atoms with Gasteiger partial charge >= 0.3 is 0 Å². The van der Waals surface area contributed by atoms with Gasteiger partial charge in [-0.3, -0.25) is 14.5 Å². The van der Waals surface area contributed by atoms with Crippen LogP contribution in [0.5, 0.6) is 11.5 Å². The first kappa shape index (κ1) is 22.8. The molecule has 3 atom stereocenters. The van der Waals surface area contributed by atoms with Crippen molar-refractivity contribution in [3.05, 3.63) is 47.8 Å². The summed E-state index contributed by atoms with van der Waals surface area (Å²) in [6, 6.07) is 8.83. The number of aromatic amines is 1. The number of hydrogen-bond acceptors (Lipinski definition) is 5. The van der Waals surface area contributed by atoms with Crippen LogP contribution in [-0.4, -0.2) is 72.5 Å². The molecular weight excluding hydrogens is 432 g/mol. The number of amides is 2. The maximum atomic E-state index is 13.0. The van der Waals surface area contributed by atoms with Crippen molar-refractivity contribution in [1.82, 2.24) is 20.1 Å². The number of methoxy groups -OCH3 is 1. The topological polar surface area (TPSA) is 86.9 Å². The van der Waals surface area contributed by atoms with E-state index in [1.807, 2.05) is 6.07 Å². The zero-order valence-electron chi connectivity index (χ0n) is 19.8. The number of carbonyl (C=O) groups is 2. The Morgan fingerprint density at radius 1 is 1.18 bits per heavy atom. The van der Waals surface area contributed by atoms with E-state index in [1.165, 1.54) is 12.0 Å². The lowest BCUT2D eigenvalue weighted by atomic mass is 9.94. The normalized spacial score (nSPS) is 26.0. The van der Waals surface area contributed by atoms with Crippen LogP contribution in [-0.2, 0) is 4.79 Å². The monoisotopic (exact) mass is 466 g/mol. The van der Waals surface area contributed by atoms with E-state index in [1.54, 1.807) is 30.5 Å². The van der Waals surface area contributed by atoms with Crippen LogP contribution in [0.4, 0.5) is 0 Å². The maximum Gasteiger partial charge on any atom is 0.255 e. The minimum absolute atomic E-state index is 0.0717. The molecule has 2 fully saturated rings. The first-order valence-electron chi connectivity index (χ1n) is 12.4. The van der Waals surface area contributed by atoms with Crippen LogP contribution in [0.2, 0.25) is 0 Å². The number of ether oxygens (including phenoxy) is 2. The molecule has 3 aliphatic heterocycles. The minimum Gasteiger partial charge on any atom is -0.493 e. The molecule has 2 saturated heterocycles. The van der Waals surface area contributed by atoms with Crippen molar-refractivity contribution in [1.29, 1.82) is 0 Å². The van der Waals surface area contributed by atoms with Gasteiger partial charge in [0.1, 0.15) is 0 Å². The molecule has 1 aromatic carbocycles. The molecule has 1 aromatic heterocycles. The van der Waals surface area contributed by atoms with E-state index in [9.17, 15) is 9.59 Å². The fraction of sp³-hybridized carbons (Fsp3) is 0.538. The molecule has 2 amide bonds. The van der Waals surface area contributed by atoms with Gasteiger partial charge in [-0.2, -0.15) is 0 Å². The molecule has 182 valence electrons. The number of nitrogens with one attached hydrogen (secondary N) is 2. The molecule has 0 saturated carbocycles. The Kier molecular flexibility index (Phi) is 6.76. The Balaban J connectivity index is 1.38. The third-order valence-electron chi connectivity index (χ3n) is 7.49. The van der Waals surface area contributed by atoms with Crippen molar-refractivity contribution in [2.24, 2.45) is 5.92 Å². The van der Waals surface area contributed by atoms with E-state index in [4.69, 9.17) is 9.47 Å². The van der Waals surface area contributed by atoms with Gasteiger partial charge in [0.15, 0.2) is 11.5 Å². The second kappa shape index (κ2) is 10.1. The summed E-state index contributed by atoms with van der Waals surface area (Å²) in [6.07, 6.45) is 8.26. The first-order chi connectivity index (χ1) is 16.6. The van der Waals surface area contributed by atoms with Crippen molar-refractivity contribution in [2.75, 3.05) is 39.9 Å². The van der Waals surface area contributed by atoms with Gasteiger partial charge in [0, 0.05) is 37.6 Å². The second-order valence-corrected chi connectivity index (χ2v) is 9.56. The van der Waals surface area contributed by atoms with Crippen LogP contribution in [0.1, 0.15) is 54.1 Å². The van der Waals surface area contributed by atoms with Gasteiger partial charge in [-0.1, -0.05) is 6.07 Å². The number of H-pyrrole nitrogens is 1. The third kappa shape index (κ3) is 4.64. The van der Waals surface area contributed by atoms with Crippen LogP contribution in [0.3, 0.4) is 0 Å². The predicted molar refractivity (Wildman–Crippen MR) is 128 cm³/mol. The number of benzene rings is 1. The highest BCUT2D eigenvalue weighted by Crippen LogP contribution is 2.46. The Labute approximate surface area is 200 Å². The Morgan fingerprint density at radius 3 is 2.91 bits per heavy atom. The molecule has 0 spiro atoms. The Bertz CT molecular complexity index is 1010. The molecule has 2 N–H and O–H groups in total. The largest absolute Gasteiger partial charge is 0.493 e. The van der Waals surface area contributed by atoms with Gasteiger partial charge < -0.3 is 24.7 Å². The van der Waals surface area contributed by atoms with Crippen molar-refractivity contribution in [3.8, 4) is 11.5 Å². The van der Waals surface area contributed by atoms with E-state index >= 15 is 0 Å². The number of rotatable bonds is 2. The van der Waals surface area contributed by atoms with Crippen LogP contribution in [0.15, 0.2) is 36.7 Å². The van der Waals surface area contributed by atoms with E-state index in [0.29, 0.717) is 43.3 Å². The Hall–Kier alpha value is -3.00. The molecule has 0 radical (unpaired) electrons. The van der Waals surface area contributed by atoms with Crippen molar-refractivity contribution < 1.29 is 19.1 Å². The maximum absolute atomic E-state index is 13.0. The van der Waals surface area contributed by atoms with Crippen LogP contribution < -0.4 is 14.8 Å². The molecule has 2 aromatic rings. The number of hydrogen-bond donors (Lipinski definition) is 2. The molecule has 3 aliphatic rings. The average molecular weight is 467 g/mol. The van der Waals surface area contributed by atoms with Gasteiger partial charge in [0.25, 0.3) is 5.91 Å². The summed E-state index contributed by atoms with van der Waals surface area (Å²) in [6.45, 7) is 2.82. The van der Waals surface area contributed by atoms with Gasteiger partial charge in [-0.15, -0.1) is 0 Å². The average Bonchev–Trinajstić information content (AvgIpc) is 3.60. The van der Waals surface area contributed by atoms with E-state index in [2.05, 4.69) is 27.3 Å². The summed E-state index contributed by atoms with van der Waals surface area (Å²) in [4.78, 5) is 33.0. The van der Waals surface area contributed by atoms with Crippen LogP contribution in [0, 0.1) is 5.92 Å². The fourth-order valence-electron chi connectivity index (χ4n) is 5.80. The molecular formula is C26H34N4O4. The highest BCUT2D eigenvalue weighted by Gasteiger charge is 2.44. The molecule has 8 nitrogen and oxygen atoms in total. The summed E-state index contributed by atoms with van der Waals surface area (Å²) < 4.78 is 11.7. The van der Waals surface area contributed by atoms with Gasteiger partial charge in [-0.25, -0.2) is 0 Å². The Morgan fingerprint density at radius 2 is 2.09 bits per heavy atom. The number of nitrogens with zero attached hydrogens (tertiary/aromatic N) is 2. The van der Waals surface area contributed by atoms with E-state index in [0.717, 1.165) is 43.7 Å². The molecule has 0 unspecified atom stereocenters. The highest BCUT2D eigenvalue weighted by atomic mass is 16.5. The molecule has 5 rings (SSSR count). The molecule has 34 heavy (non-hydrogen) atoms. The number of fused-ring (bicyclic) bond motifs is 8. The SMILES string of the molecule is COc1ccc2cc1OCCCCN(C(=O)c1cc[nH]c1)CC(=O)NC[C@H]1C[C@H]2N2CCC[C@@H]12. The number of aromatic nitrogens is 1. The van der Waals surface area contributed by atoms with E-state index in [-0.39, 0.29) is 18.4 Å². The predicted octanol–water partition coefficient (Wildman–Crippen LogP) is 2.98. The quantitative estimate of drug-likeness (QED) is 0.711. The second-order valence-electron chi connectivity index (χ2n) is 9.56. The third-order valence-corrected chi connectivity index (χ3v) is 7.49. The smallest absolute Gasteiger partial charge is 0.255 e. The van der Waals surface area contributed by atoms with Crippen molar-refractivity contribution >= 4 is 11.8 Å². The summed E-state index contributed by atoms with van der Waals surface area (Å²) in [7, 11) is 1.67. The lowest BCUT2D eigenvalue weighted by molar-refractivity contribution is -0.122. The highest BCUT2D eigenvalue weighted by molar-refractivity contribution is 5.96. The van der Waals surface area contributed by atoms with Gasteiger partial charge in [0.05, 0.1) is 25.8 Å². The fourth-order valence-corrected chi connectivity index (χ4v) is 5.80. The molecule has 0 aliphatic carbocycles. The van der Waals surface area contributed by atoms with Gasteiger partial charge in [0.2, 0.25) is 5.91 Å². The zero-order valence-corrected chi connectivity index (χ0v) is 19.8. The molecule has 8 heteroatoms. The van der Waals surface area contributed by atoms with E-state index < -0.39 is 0 Å². The van der Waals surface area contributed by atoms with Crippen LogP contribution in [0.25, 0.3) is 0 Å². The number of carbonyl (C=O) groups excluding carboxylic acids is 2. The summed E-state index contributed by atoms with van der Waals surface area (Å²) in [5, 5.41) is 3.15. The summed E-state index contributed by atoms with van der Waals surface area (Å²) >= 11 is 0. The van der Waals surface area contributed by atoms with Crippen molar-refractivity contribution in [3.63, 3.8) is 0 Å².